The Balaban J connectivity index is 2.12. The molecular formula is C13H23N3S. The standard InChI is InChI=1S/C13H23N3S/c1-3-8-16-12(14)11(7-9-17-4-2)15-13(16)10-5-6-10/h10H,3-9,14H2,1-2H3. The Morgan fingerprint density at radius 3 is 2.76 bits per heavy atom. The summed E-state index contributed by atoms with van der Waals surface area (Å²) in [5.74, 6) is 5.17. The summed E-state index contributed by atoms with van der Waals surface area (Å²) in [6.45, 7) is 5.41. The molecule has 0 aromatic carbocycles. The Labute approximate surface area is 108 Å². The fourth-order valence-corrected chi connectivity index (χ4v) is 2.77. The maximum absolute atomic E-state index is 6.23. The summed E-state index contributed by atoms with van der Waals surface area (Å²) in [6, 6.07) is 0. The van der Waals surface area contributed by atoms with Crippen LogP contribution in [0.15, 0.2) is 0 Å². The van der Waals surface area contributed by atoms with Crippen molar-refractivity contribution in [1.29, 1.82) is 0 Å². The number of thioether (sulfide) groups is 1. The van der Waals surface area contributed by atoms with Crippen LogP contribution in [0.5, 0.6) is 0 Å². The monoisotopic (exact) mass is 253 g/mol. The van der Waals surface area contributed by atoms with E-state index in [-0.39, 0.29) is 0 Å². The van der Waals surface area contributed by atoms with Crippen LogP contribution < -0.4 is 5.73 Å². The number of hydrogen-bond acceptors (Lipinski definition) is 3. The van der Waals surface area contributed by atoms with E-state index < -0.39 is 0 Å². The first-order valence-electron chi connectivity index (χ1n) is 6.70. The van der Waals surface area contributed by atoms with Gasteiger partial charge in [-0.15, -0.1) is 0 Å². The predicted molar refractivity (Wildman–Crippen MR) is 75.6 cm³/mol. The fraction of sp³-hybridized carbons (Fsp3) is 0.769. The van der Waals surface area contributed by atoms with Gasteiger partial charge in [-0.2, -0.15) is 11.8 Å². The second kappa shape index (κ2) is 5.80. The van der Waals surface area contributed by atoms with Gasteiger partial charge in [0.15, 0.2) is 0 Å². The lowest BCUT2D eigenvalue weighted by molar-refractivity contribution is 0.646. The van der Waals surface area contributed by atoms with Crippen LogP contribution in [0.3, 0.4) is 0 Å². The highest BCUT2D eigenvalue weighted by Crippen LogP contribution is 2.40. The van der Waals surface area contributed by atoms with Crippen LogP contribution >= 0.6 is 11.8 Å². The molecule has 1 aromatic heterocycles. The molecule has 1 fully saturated rings. The van der Waals surface area contributed by atoms with E-state index in [0.29, 0.717) is 5.92 Å². The van der Waals surface area contributed by atoms with Crippen molar-refractivity contribution in [1.82, 2.24) is 9.55 Å². The molecule has 0 radical (unpaired) electrons. The van der Waals surface area contributed by atoms with Crippen molar-refractivity contribution in [2.24, 2.45) is 0 Å². The SMILES string of the molecule is CCCn1c(C2CC2)nc(CCSCC)c1N. The van der Waals surface area contributed by atoms with Gasteiger partial charge in [0.25, 0.3) is 0 Å². The minimum absolute atomic E-state index is 0.691. The summed E-state index contributed by atoms with van der Waals surface area (Å²) in [6.07, 6.45) is 4.73. The molecule has 17 heavy (non-hydrogen) atoms. The highest BCUT2D eigenvalue weighted by atomic mass is 32.2. The molecule has 1 aromatic rings. The zero-order valence-electron chi connectivity index (χ0n) is 10.9. The Kier molecular flexibility index (Phi) is 4.37. The number of nitrogens with zero attached hydrogens (tertiary/aromatic N) is 2. The van der Waals surface area contributed by atoms with E-state index in [9.17, 15) is 0 Å². The molecule has 0 spiro atoms. The second-order valence-corrected chi connectivity index (χ2v) is 6.07. The maximum Gasteiger partial charge on any atom is 0.126 e. The number of aryl methyl sites for hydroxylation is 1. The number of imidazole rings is 1. The molecular weight excluding hydrogens is 230 g/mol. The summed E-state index contributed by atoms with van der Waals surface area (Å²) in [5, 5.41) is 0. The van der Waals surface area contributed by atoms with Crippen molar-refractivity contribution in [3.8, 4) is 0 Å². The van der Waals surface area contributed by atoms with Gasteiger partial charge < -0.3 is 10.3 Å². The van der Waals surface area contributed by atoms with Crippen LogP contribution in [0.1, 0.15) is 50.5 Å². The molecule has 1 aliphatic rings. The van der Waals surface area contributed by atoms with E-state index in [2.05, 4.69) is 18.4 Å². The molecule has 0 amide bonds. The molecule has 3 nitrogen and oxygen atoms in total. The molecule has 0 bridgehead atoms. The number of aromatic nitrogens is 2. The molecule has 1 heterocycles. The summed E-state index contributed by atoms with van der Waals surface area (Å²) < 4.78 is 2.25. The number of nitrogens with two attached hydrogens (primary N) is 1. The Morgan fingerprint density at radius 1 is 1.41 bits per heavy atom. The smallest absolute Gasteiger partial charge is 0.126 e. The van der Waals surface area contributed by atoms with Crippen LogP contribution in [0.2, 0.25) is 0 Å². The van der Waals surface area contributed by atoms with E-state index in [4.69, 9.17) is 10.7 Å². The van der Waals surface area contributed by atoms with Crippen molar-refractivity contribution in [3.63, 3.8) is 0 Å². The quantitative estimate of drug-likeness (QED) is 0.760. The van der Waals surface area contributed by atoms with Crippen molar-refractivity contribution < 1.29 is 0 Å². The molecule has 1 aliphatic carbocycles. The average molecular weight is 253 g/mol. The maximum atomic E-state index is 6.23. The molecule has 2 rings (SSSR count). The van der Waals surface area contributed by atoms with E-state index in [1.807, 2.05) is 11.8 Å². The molecule has 1 saturated carbocycles. The van der Waals surface area contributed by atoms with E-state index in [1.54, 1.807) is 0 Å². The molecule has 0 atom stereocenters. The minimum atomic E-state index is 0.691. The molecule has 96 valence electrons. The summed E-state index contributed by atoms with van der Waals surface area (Å²) in [7, 11) is 0. The predicted octanol–water partition coefficient (Wildman–Crippen LogP) is 3.05. The third-order valence-electron chi connectivity index (χ3n) is 3.19. The highest BCUT2D eigenvalue weighted by molar-refractivity contribution is 7.99. The highest BCUT2D eigenvalue weighted by Gasteiger charge is 2.30. The Bertz CT molecular complexity index is 369. The van der Waals surface area contributed by atoms with E-state index in [1.165, 1.54) is 24.4 Å². The molecule has 2 N–H and O–H groups in total. The van der Waals surface area contributed by atoms with Crippen LogP contribution in [0.4, 0.5) is 5.82 Å². The first-order valence-corrected chi connectivity index (χ1v) is 7.85. The van der Waals surface area contributed by atoms with Gasteiger partial charge in [0.1, 0.15) is 11.6 Å². The van der Waals surface area contributed by atoms with Gasteiger partial charge >= 0.3 is 0 Å². The largest absolute Gasteiger partial charge is 0.384 e. The zero-order valence-corrected chi connectivity index (χ0v) is 11.7. The van der Waals surface area contributed by atoms with Gasteiger partial charge in [-0.05, 0) is 30.8 Å². The molecule has 0 saturated heterocycles. The third kappa shape index (κ3) is 2.97. The summed E-state index contributed by atoms with van der Waals surface area (Å²) in [5.41, 5.74) is 7.36. The van der Waals surface area contributed by atoms with E-state index in [0.717, 1.165) is 36.7 Å². The average Bonchev–Trinajstić information content (AvgIpc) is 3.11. The van der Waals surface area contributed by atoms with Crippen LogP contribution in [-0.4, -0.2) is 21.1 Å². The first-order chi connectivity index (χ1) is 8.27. The molecule has 0 unspecified atom stereocenters. The Hall–Kier alpha value is -0.640. The molecule has 4 heteroatoms. The van der Waals surface area contributed by atoms with Gasteiger partial charge in [-0.1, -0.05) is 13.8 Å². The Morgan fingerprint density at radius 2 is 2.18 bits per heavy atom. The number of anilines is 1. The van der Waals surface area contributed by atoms with Crippen LogP contribution in [-0.2, 0) is 13.0 Å². The first kappa shape index (κ1) is 12.8. The van der Waals surface area contributed by atoms with E-state index >= 15 is 0 Å². The minimum Gasteiger partial charge on any atom is -0.384 e. The number of rotatable bonds is 7. The van der Waals surface area contributed by atoms with Crippen molar-refractivity contribution >= 4 is 17.6 Å². The zero-order chi connectivity index (χ0) is 12.3. The van der Waals surface area contributed by atoms with Gasteiger partial charge in [0.05, 0.1) is 5.69 Å². The lowest BCUT2D eigenvalue weighted by atomic mass is 10.3. The topological polar surface area (TPSA) is 43.8 Å². The summed E-state index contributed by atoms with van der Waals surface area (Å²) >= 11 is 1.96. The third-order valence-corrected chi connectivity index (χ3v) is 4.09. The second-order valence-electron chi connectivity index (χ2n) is 4.67. The van der Waals surface area contributed by atoms with Crippen molar-refractivity contribution in [3.05, 3.63) is 11.5 Å². The molecule has 0 aliphatic heterocycles. The van der Waals surface area contributed by atoms with Crippen molar-refractivity contribution in [2.75, 3.05) is 17.2 Å². The van der Waals surface area contributed by atoms with Crippen LogP contribution in [0.25, 0.3) is 0 Å². The number of hydrogen-bond donors (Lipinski definition) is 1. The van der Waals surface area contributed by atoms with Crippen LogP contribution in [0, 0.1) is 0 Å². The normalized spacial score (nSPS) is 15.4. The van der Waals surface area contributed by atoms with Gasteiger partial charge in [0, 0.05) is 18.9 Å². The summed E-state index contributed by atoms with van der Waals surface area (Å²) in [4.78, 5) is 4.79. The van der Waals surface area contributed by atoms with Gasteiger partial charge in [-0.3, -0.25) is 0 Å². The van der Waals surface area contributed by atoms with Gasteiger partial charge in [-0.25, -0.2) is 4.98 Å². The lowest BCUT2D eigenvalue weighted by Crippen LogP contribution is -2.06. The number of nitrogen functional groups attached to an aromatic ring is 1. The lowest BCUT2D eigenvalue weighted by Gasteiger charge is -2.07. The van der Waals surface area contributed by atoms with Crippen molar-refractivity contribution in [2.45, 2.75) is 52.0 Å². The fourth-order valence-electron chi connectivity index (χ4n) is 2.14. The van der Waals surface area contributed by atoms with Gasteiger partial charge in [0.2, 0.25) is 0 Å².